The highest BCUT2D eigenvalue weighted by Gasteiger charge is 2.30. The summed E-state index contributed by atoms with van der Waals surface area (Å²) in [5.74, 6) is 2.30. The van der Waals surface area contributed by atoms with Crippen LogP contribution in [-0.2, 0) is 17.9 Å². The lowest BCUT2D eigenvalue weighted by molar-refractivity contribution is -0.118. The van der Waals surface area contributed by atoms with Crippen LogP contribution in [0.15, 0.2) is 59.8 Å². The Balaban J connectivity index is 1.34. The van der Waals surface area contributed by atoms with Crippen LogP contribution in [0.3, 0.4) is 0 Å². The summed E-state index contributed by atoms with van der Waals surface area (Å²) in [6, 6.07) is 19.5. The van der Waals surface area contributed by atoms with Gasteiger partial charge in [0.25, 0.3) is 0 Å². The molecule has 7 nitrogen and oxygen atoms in total. The molecule has 0 atom stereocenters. The molecule has 158 valence electrons. The van der Waals surface area contributed by atoms with E-state index in [9.17, 15) is 4.79 Å². The Morgan fingerprint density at radius 3 is 2.74 bits per heavy atom. The summed E-state index contributed by atoms with van der Waals surface area (Å²) in [7, 11) is 0. The molecule has 0 radical (unpaired) electrons. The Morgan fingerprint density at radius 1 is 1.16 bits per heavy atom. The van der Waals surface area contributed by atoms with Crippen LogP contribution in [0.4, 0.5) is 0 Å². The molecule has 0 saturated heterocycles. The summed E-state index contributed by atoms with van der Waals surface area (Å²) in [4.78, 5) is 12.4. The number of nitrogens with zero attached hydrogens (tertiary/aromatic N) is 4. The van der Waals surface area contributed by atoms with E-state index in [4.69, 9.17) is 10.00 Å². The second-order valence-electron chi connectivity index (χ2n) is 7.35. The molecule has 3 aromatic rings. The van der Waals surface area contributed by atoms with Crippen molar-refractivity contribution < 1.29 is 9.53 Å². The van der Waals surface area contributed by atoms with E-state index in [1.807, 2.05) is 42.5 Å². The van der Waals surface area contributed by atoms with Gasteiger partial charge in [0.1, 0.15) is 17.6 Å². The Morgan fingerprint density at radius 2 is 1.97 bits per heavy atom. The quantitative estimate of drug-likeness (QED) is 0.492. The molecule has 0 spiro atoms. The molecule has 1 heterocycles. The van der Waals surface area contributed by atoms with Gasteiger partial charge in [-0.1, -0.05) is 54.2 Å². The average molecular weight is 434 g/mol. The topological polar surface area (TPSA) is 92.8 Å². The number of nitriles is 1. The zero-order valence-electron chi connectivity index (χ0n) is 17.0. The van der Waals surface area contributed by atoms with Crippen LogP contribution >= 0.6 is 11.8 Å². The molecule has 31 heavy (non-hydrogen) atoms. The number of nitrogens with one attached hydrogen (secondary N) is 1. The smallest absolute Gasteiger partial charge is 0.230 e. The van der Waals surface area contributed by atoms with E-state index in [-0.39, 0.29) is 18.3 Å². The third-order valence-corrected chi connectivity index (χ3v) is 5.86. The van der Waals surface area contributed by atoms with E-state index in [0.717, 1.165) is 29.4 Å². The van der Waals surface area contributed by atoms with Crippen molar-refractivity contribution >= 4 is 17.7 Å². The van der Waals surface area contributed by atoms with Crippen molar-refractivity contribution in [3.05, 3.63) is 71.5 Å². The van der Waals surface area contributed by atoms with Crippen molar-refractivity contribution in [2.24, 2.45) is 0 Å². The lowest BCUT2D eigenvalue weighted by Gasteiger charge is -2.10. The first-order valence-electron chi connectivity index (χ1n) is 10.2. The minimum atomic E-state index is -0.0735. The number of rotatable bonds is 10. The number of benzene rings is 2. The van der Waals surface area contributed by atoms with E-state index < -0.39 is 0 Å². The maximum Gasteiger partial charge on any atom is 0.230 e. The van der Waals surface area contributed by atoms with Crippen LogP contribution in [-0.4, -0.2) is 33.0 Å². The van der Waals surface area contributed by atoms with Crippen molar-refractivity contribution in [3.63, 3.8) is 0 Å². The molecule has 1 fully saturated rings. The van der Waals surface area contributed by atoms with E-state index in [0.29, 0.717) is 24.8 Å². The summed E-state index contributed by atoms with van der Waals surface area (Å²) in [6.45, 7) is 1.10. The Kier molecular flexibility index (Phi) is 6.85. The predicted octanol–water partition coefficient (Wildman–Crippen LogP) is 3.51. The van der Waals surface area contributed by atoms with Crippen LogP contribution in [0.25, 0.3) is 0 Å². The van der Waals surface area contributed by atoms with Crippen molar-refractivity contribution in [1.82, 2.24) is 20.1 Å². The molecule has 1 aliphatic rings. The Bertz CT molecular complexity index is 1070. The Hall–Kier alpha value is -3.31. The fourth-order valence-corrected chi connectivity index (χ4v) is 3.98. The third kappa shape index (κ3) is 5.86. The van der Waals surface area contributed by atoms with Gasteiger partial charge in [0.15, 0.2) is 11.8 Å². The van der Waals surface area contributed by atoms with E-state index >= 15 is 0 Å². The first-order chi connectivity index (χ1) is 15.2. The second-order valence-corrected chi connectivity index (χ2v) is 8.29. The van der Waals surface area contributed by atoms with Gasteiger partial charge in [-0.25, -0.2) is 0 Å². The summed E-state index contributed by atoms with van der Waals surface area (Å²) < 4.78 is 7.44. The number of ether oxygens (including phenoxy) is 1. The van der Waals surface area contributed by atoms with Crippen molar-refractivity contribution in [2.45, 2.75) is 37.0 Å². The molecule has 1 saturated carbocycles. The molecule has 1 N–H and O–H groups in total. The molecule has 8 heteroatoms. The molecule has 1 aromatic heterocycles. The summed E-state index contributed by atoms with van der Waals surface area (Å²) in [6.07, 6.45) is 2.30. The average Bonchev–Trinajstić information content (AvgIpc) is 3.57. The lowest BCUT2D eigenvalue weighted by atomic mass is 10.2. The van der Waals surface area contributed by atoms with Gasteiger partial charge >= 0.3 is 0 Å². The van der Waals surface area contributed by atoms with Gasteiger partial charge < -0.3 is 14.6 Å². The molecule has 1 amide bonds. The molecule has 0 aliphatic heterocycles. The lowest BCUT2D eigenvalue weighted by Crippen LogP contribution is -2.24. The summed E-state index contributed by atoms with van der Waals surface area (Å²) in [5, 5.41) is 21.1. The second kappa shape index (κ2) is 10.1. The van der Waals surface area contributed by atoms with Gasteiger partial charge in [-0.2, -0.15) is 5.26 Å². The monoisotopic (exact) mass is 433 g/mol. The van der Waals surface area contributed by atoms with Crippen LogP contribution in [0.2, 0.25) is 0 Å². The van der Waals surface area contributed by atoms with Crippen molar-refractivity contribution in [1.29, 1.82) is 5.26 Å². The normalized spacial score (nSPS) is 12.9. The number of carbonyl (C=O) groups is 1. The molecular weight excluding hydrogens is 410 g/mol. The van der Waals surface area contributed by atoms with Crippen LogP contribution in [0.1, 0.15) is 35.7 Å². The largest absolute Gasteiger partial charge is 0.479 e. The minimum Gasteiger partial charge on any atom is -0.479 e. The number of aromatic nitrogens is 3. The highest BCUT2D eigenvalue weighted by atomic mass is 32.2. The van der Waals surface area contributed by atoms with E-state index in [1.54, 1.807) is 6.07 Å². The number of carbonyl (C=O) groups excluding carboxylic acids is 1. The number of thioether (sulfide) groups is 1. The fraction of sp³-hybridized carbons (Fsp3) is 0.304. The molecular formula is C23H23N5O2S. The maximum absolute atomic E-state index is 12.4. The standard InChI is InChI=1S/C23H23N5O2S/c24-11-12-30-20-8-4-7-18(13-20)14-25-21(29)16-31-23-27-26-22(19-9-10-19)28(23)15-17-5-2-1-3-6-17/h1-8,13,19H,9-10,12,14-16H2,(H,25,29). The molecule has 1 aliphatic carbocycles. The third-order valence-electron chi connectivity index (χ3n) is 4.90. The first-order valence-corrected chi connectivity index (χ1v) is 11.2. The minimum absolute atomic E-state index is 0.00103. The number of amides is 1. The highest BCUT2D eigenvalue weighted by molar-refractivity contribution is 7.99. The molecule has 4 rings (SSSR count). The van der Waals surface area contributed by atoms with E-state index in [2.05, 4.69) is 32.2 Å². The fourth-order valence-electron chi connectivity index (χ4n) is 3.21. The van der Waals surface area contributed by atoms with Crippen LogP contribution in [0, 0.1) is 11.3 Å². The van der Waals surface area contributed by atoms with Gasteiger partial charge in [-0.15, -0.1) is 10.2 Å². The highest BCUT2D eigenvalue weighted by Crippen LogP contribution is 2.40. The zero-order valence-corrected chi connectivity index (χ0v) is 17.8. The number of hydrogen-bond donors (Lipinski definition) is 1. The van der Waals surface area contributed by atoms with Crippen molar-refractivity contribution in [2.75, 3.05) is 12.4 Å². The number of hydrogen-bond acceptors (Lipinski definition) is 6. The van der Waals surface area contributed by atoms with Crippen molar-refractivity contribution in [3.8, 4) is 11.8 Å². The van der Waals surface area contributed by atoms with Gasteiger partial charge in [0.2, 0.25) is 5.91 Å². The van der Waals surface area contributed by atoms with Gasteiger partial charge in [0.05, 0.1) is 12.3 Å². The van der Waals surface area contributed by atoms with Gasteiger partial charge in [0, 0.05) is 12.5 Å². The summed E-state index contributed by atoms with van der Waals surface area (Å²) in [5.41, 5.74) is 2.10. The summed E-state index contributed by atoms with van der Waals surface area (Å²) >= 11 is 1.41. The van der Waals surface area contributed by atoms with E-state index in [1.165, 1.54) is 17.3 Å². The van der Waals surface area contributed by atoms with Gasteiger partial charge in [-0.3, -0.25) is 4.79 Å². The van der Waals surface area contributed by atoms with Crippen LogP contribution in [0.5, 0.6) is 5.75 Å². The molecule has 2 aromatic carbocycles. The maximum atomic E-state index is 12.4. The predicted molar refractivity (Wildman–Crippen MR) is 118 cm³/mol. The Labute approximate surface area is 185 Å². The first kappa shape index (κ1) is 20.9. The van der Waals surface area contributed by atoms with Crippen LogP contribution < -0.4 is 10.1 Å². The SMILES string of the molecule is N#CCOc1cccc(CNC(=O)CSc2nnc(C3CC3)n2Cc2ccccc2)c1. The molecule has 0 bridgehead atoms. The zero-order chi connectivity index (χ0) is 21.5. The molecule has 0 unspecified atom stereocenters. The van der Waals surface area contributed by atoms with Gasteiger partial charge in [-0.05, 0) is 36.1 Å².